The first-order valence-electron chi connectivity index (χ1n) is 10.1. The predicted octanol–water partition coefficient (Wildman–Crippen LogP) is 5.07. The average Bonchev–Trinajstić information content (AvgIpc) is 3.35. The van der Waals surface area contributed by atoms with E-state index in [0.29, 0.717) is 22.5 Å². The summed E-state index contributed by atoms with van der Waals surface area (Å²) in [5.41, 5.74) is 8.76. The molecule has 0 unspecified atom stereocenters. The van der Waals surface area contributed by atoms with Crippen LogP contribution in [-0.4, -0.2) is 25.0 Å². The molecule has 5 aromatic rings. The molecule has 2 aromatic carbocycles. The Labute approximate surface area is 186 Å². The number of fused-ring (bicyclic) bond motifs is 2. The van der Waals surface area contributed by atoms with Gasteiger partial charge in [-0.25, -0.2) is 9.97 Å². The number of aromatic nitrogens is 4. The molecule has 0 fully saturated rings. The van der Waals surface area contributed by atoms with Crippen LogP contribution in [0.3, 0.4) is 0 Å². The molecule has 3 heterocycles. The Kier molecular flexibility index (Phi) is 4.70. The number of nitrogen functional groups attached to an aromatic ring is 1. The summed E-state index contributed by atoms with van der Waals surface area (Å²) in [6.07, 6.45) is 0.372. The first kappa shape index (κ1) is 20.7. The molecule has 0 spiro atoms. The molecule has 6 nitrogen and oxygen atoms in total. The van der Waals surface area contributed by atoms with Gasteiger partial charge in [-0.05, 0) is 35.4 Å². The maximum Gasteiger partial charge on any atom is 0.416 e. The van der Waals surface area contributed by atoms with Crippen LogP contribution in [0.15, 0.2) is 67.3 Å². The van der Waals surface area contributed by atoms with Gasteiger partial charge in [-0.3, -0.25) is 9.36 Å². The van der Waals surface area contributed by atoms with Gasteiger partial charge in [0.05, 0.1) is 22.9 Å². The molecule has 2 N–H and O–H groups in total. The van der Waals surface area contributed by atoms with Crippen molar-refractivity contribution in [3.8, 4) is 11.1 Å². The van der Waals surface area contributed by atoms with Crippen LogP contribution in [0, 0.1) is 0 Å². The summed E-state index contributed by atoms with van der Waals surface area (Å²) in [5.74, 6) is 0.0596. The lowest BCUT2D eigenvalue weighted by Gasteiger charge is -2.09. The molecule has 0 saturated carbocycles. The van der Waals surface area contributed by atoms with E-state index in [4.69, 9.17) is 5.73 Å². The number of nitrogens with two attached hydrogens (primary N) is 1. The Hall–Kier alpha value is -4.14. The molecule has 33 heavy (non-hydrogen) atoms. The van der Waals surface area contributed by atoms with Crippen molar-refractivity contribution in [2.24, 2.45) is 7.05 Å². The van der Waals surface area contributed by atoms with Crippen molar-refractivity contribution in [3.05, 3.63) is 78.4 Å². The van der Waals surface area contributed by atoms with Crippen molar-refractivity contribution in [3.63, 3.8) is 0 Å². The highest BCUT2D eigenvalue weighted by atomic mass is 19.4. The second-order valence-electron chi connectivity index (χ2n) is 7.84. The highest BCUT2D eigenvalue weighted by molar-refractivity contribution is 6.03. The van der Waals surface area contributed by atoms with E-state index >= 15 is 0 Å². The molecule has 0 amide bonds. The number of carbonyl (C=O) groups excluding carboxylic acids is 1. The van der Waals surface area contributed by atoms with Crippen molar-refractivity contribution in [2.75, 3.05) is 5.73 Å². The van der Waals surface area contributed by atoms with Crippen LogP contribution in [-0.2, 0) is 19.6 Å². The fraction of sp³-hybridized carbons (Fsp3) is 0.125. The molecule has 0 aliphatic rings. The van der Waals surface area contributed by atoms with Gasteiger partial charge >= 0.3 is 6.18 Å². The number of halogens is 3. The van der Waals surface area contributed by atoms with Gasteiger partial charge in [0, 0.05) is 30.4 Å². The zero-order valence-electron chi connectivity index (χ0n) is 17.5. The van der Waals surface area contributed by atoms with Crippen LogP contribution in [0.2, 0.25) is 0 Å². The number of hydrogen-bond donors (Lipinski definition) is 1. The van der Waals surface area contributed by atoms with Crippen molar-refractivity contribution in [1.82, 2.24) is 19.1 Å². The largest absolute Gasteiger partial charge is 0.416 e. The van der Waals surface area contributed by atoms with Crippen LogP contribution in [0.1, 0.15) is 15.9 Å². The second kappa shape index (κ2) is 7.47. The highest BCUT2D eigenvalue weighted by Gasteiger charge is 2.30. The maximum absolute atomic E-state index is 13.0. The van der Waals surface area contributed by atoms with Crippen LogP contribution >= 0.6 is 0 Å². The van der Waals surface area contributed by atoms with E-state index in [0.717, 1.165) is 34.0 Å². The van der Waals surface area contributed by atoms with Gasteiger partial charge in [0.2, 0.25) is 5.91 Å². The van der Waals surface area contributed by atoms with Gasteiger partial charge in [0.15, 0.2) is 0 Å². The highest BCUT2D eigenvalue weighted by Crippen LogP contribution is 2.34. The molecule has 0 atom stereocenters. The number of anilines is 1. The van der Waals surface area contributed by atoms with E-state index in [2.05, 4.69) is 9.97 Å². The van der Waals surface area contributed by atoms with Crippen molar-refractivity contribution in [2.45, 2.75) is 12.6 Å². The zero-order valence-corrected chi connectivity index (χ0v) is 17.5. The molecule has 5 rings (SSSR count). The van der Waals surface area contributed by atoms with Crippen LogP contribution in [0.4, 0.5) is 19.0 Å². The molecule has 0 aliphatic carbocycles. The third-order valence-corrected chi connectivity index (χ3v) is 5.66. The zero-order chi connectivity index (χ0) is 23.3. The van der Waals surface area contributed by atoms with Gasteiger partial charge in [0.1, 0.15) is 17.8 Å². The van der Waals surface area contributed by atoms with Crippen molar-refractivity contribution < 1.29 is 18.0 Å². The molecular formula is C24H18F3N5O. The second-order valence-corrected chi connectivity index (χ2v) is 7.84. The Bertz CT molecular complexity index is 1530. The lowest BCUT2D eigenvalue weighted by Crippen LogP contribution is -2.13. The number of aryl methyl sites for hydroxylation is 1. The molecule has 0 radical (unpaired) electrons. The SMILES string of the molecule is Cn1cc(-c2ccc3c(ccn3C(=O)Cc3cccc(C(F)(F)F)c3)c2)c2c(N)ncnc21. The normalized spacial score (nSPS) is 12.0. The summed E-state index contributed by atoms with van der Waals surface area (Å²) in [7, 11) is 1.87. The van der Waals surface area contributed by atoms with Gasteiger partial charge in [0.25, 0.3) is 0 Å². The minimum Gasteiger partial charge on any atom is -0.383 e. The predicted molar refractivity (Wildman–Crippen MR) is 120 cm³/mol. The minimum absolute atomic E-state index is 0.146. The molecule has 0 aliphatic heterocycles. The van der Waals surface area contributed by atoms with Crippen molar-refractivity contribution in [1.29, 1.82) is 0 Å². The molecule has 0 bridgehead atoms. The standard InChI is InChI=1S/C24H18F3N5O/c1-31-12-18(21-22(28)29-13-30-23(21)31)15-5-6-19-16(11-15)7-8-32(19)20(33)10-14-3-2-4-17(9-14)24(25,26)27/h2-9,11-13H,10H2,1H3,(H2,28,29,30). The number of carbonyl (C=O) groups is 1. The Morgan fingerprint density at radius 1 is 1.09 bits per heavy atom. The van der Waals surface area contributed by atoms with Gasteiger partial charge in [-0.1, -0.05) is 24.3 Å². The number of rotatable bonds is 3. The van der Waals surface area contributed by atoms with Gasteiger partial charge in [-0.15, -0.1) is 0 Å². The van der Waals surface area contributed by atoms with E-state index in [1.807, 2.05) is 36.0 Å². The molecule has 9 heteroatoms. The topological polar surface area (TPSA) is 78.7 Å². The summed E-state index contributed by atoms with van der Waals surface area (Å²) >= 11 is 0. The third-order valence-electron chi connectivity index (χ3n) is 5.66. The fourth-order valence-corrected chi connectivity index (χ4v) is 4.10. The number of alkyl halides is 3. The summed E-state index contributed by atoms with van der Waals surface area (Å²) in [4.78, 5) is 21.3. The van der Waals surface area contributed by atoms with Crippen LogP contribution < -0.4 is 5.73 Å². The van der Waals surface area contributed by atoms with E-state index in [9.17, 15) is 18.0 Å². The Balaban J connectivity index is 1.49. The molecule has 166 valence electrons. The average molecular weight is 449 g/mol. The summed E-state index contributed by atoms with van der Waals surface area (Å²) in [6, 6.07) is 12.2. The minimum atomic E-state index is -4.45. The van der Waals surface area contributed by atoms with E-state index in [1.165, 1.54) is 23.0 Å². The maximum atomic E-state index is 13.0. The smallest absolute Gasteiger partial charge is 0.383 e. The first-order valence-corrected chi connectivity index (χ1v) is 10.1. The Morgan fingerprint density at radius 2 is 1.91 bits per heavy atom. The third kappa shape index (κ3) is 3.61. The van der Waals surface area contributed by atoms with Crippen LogP contribution in [0.25, 0.3) is 33.1 Å². The molecular weight excluding hydrogens is 431 g/mol. The monoisotopic (exact) mass is 449 g/mol. The summed E-state index contributed by atoms with van der Waals surface area (Å²) in [6.45, 7) is 0. The fourth-order valence-electron chi connectivity index (χ4n) is 4.10. The van der Waals surface area contributed by atoms with E-state index in [-0.39, 0.29) is 12.3 Å². The molecule has 3 aromatic heterocycles. The van der Waals surface area contributed by atoms with Crippen LogP contribution in [0.5, 0.6) is 0 Å². The summed E-state index contributed by atoms with van der Waals surface area (Å²) < 4.78 is 42.3. The lowest BCUT2D eigenvalue weighted by atomic mass is 10.0. The van der Waals surface area contributed by atoms with E-state index in [1.54, 1.807) is 12.3 Å². The first-order chi connectivity index (χ1) is 15.7. The number of benzene rings is 2. The number of nitrogens with zero attached hydrogens (tertiary/aromatic N) is 4. The lowest BCUT2D eigenvalue weighted by molar-refractivity contribution is -0.137. The quantitative estimate of drug-likeness (QED) is 0.417. The number of hydrogen-bond acceptors (Lipinski definition) is 4. The van der Waals surface area contributed by atoms with Crippen molar-refractivity contribution >= 4 is 33.7 Å². The molecule has 0 saturated heterocycles. The van der Waals surface area contributed by atoms with Gasteiger partial charge < -0.3 is 10.3 Å². The summed E-state index contributed by atoms with van der Waals surface area (Å²) in [5, 5.41) is 1.57. The Morgan fingerprint density at radius 3 is 2.70 bits per heavy atom. The van der Waals surface area contributed by atoms with E-state index < -0.39 is 11.7 Å². The van der Waals surface area contributed by atoms with Gasteiger partial charge in [-0.2, -0.15) is 13.2 Å².